The van der Waals surface area contributed by atoms with Crippen LogP contribution in [0.25, 0.3) is 0 Å². The van der Waals surface area contributed by atoms with E-state index in [1.807, 2.05) is 6.92 Å². The lowest BCUT2D eigenvalue weighted by atomic mass is 10.2. The largest absolute Gasteiger partial charge is 0.465 e. The van der Waals surface area contributed by atoms with Crippen molar-refractivity contribution in [3.05, 3.63) is 0 Å². The maximum absolute atomic E-state index is 9.85. The summed E-state index contributed by atoms with van der Waals surface area (Å²) in [5.41, 5.74) is 5.40. The van der Waals surface area contributed by atoms with Crippen LogP contribution in [0.4, 0.5) is 4.79 Å². The molecule has 0 aromatic rings. The number of carboxylic acid groups (broad SMARTS) is 1. The molecule has 0 spiro atoms. The van der Waals surface area contributed by atoms with Gasteiger partial charge < -0.3 is 16.2 Å². The van der Waals surface area contributed by atoms with Gasteiger partial charge in [-0.15, -0.1) is 0 Å². The molecule has 0 aromatic carbocycles. The third-order valence-corrected chi connectivity index (χ3v) is 1.04. The Labute approximate surface area is 54.0 Å². The lowest BCUT2D eigenvalue weighted by Crippen LogP contribution is -2.35. The molecule has 4 nitrogen and oxygen atoms in total. The summed E-state index contributed by atoms with van der Waals surface area (Å²) in [5.74, 6) is 0. The highest BCUT2D eigenvalue weighted by Gasteiger charge is 1.99. The van der Waals surface area contributed by atoms with E-state index < -0.39 is 6.09 Å². The normalized spacial score (nSPS) is 12.7. The van der Waals surface area contributed by atoms with Crippen molar-refractivity contribution in [3.8, 4) is 0 Å². The van der Waals surface area contributed by atoms with E-state index in [0.29, 0.717) is 6.54 Å². The third-order valence-electron chi connectivity index (χ3n) is 1.04. The van der Waals surface area contributed by atoms with Crippen LogP contribution >= 0.6 is 0 Å². The molecule has 0 bridgehead atoms. The number of amides is 1. The Balaban J connectivity index is 3.16. The zero-order chi connectivity index (χ0) is 7.28. The zero-order valence-electron chi connectivity index (χ0n) is 5.42. The fraction of sp³-hybridized carbons (Fsp3) is 0.800. The van der Waals surface area contributed by atoms with Gasteiger partial charge in [0.25, 0.3) is 0 Å². The third kappa shape index (κ3) is 5.10. The van der Waals surface area contributed by atoms with E-state index in [0.717, 1.165) is 6.42 Å². The van der Waals surface area contributed by atoms with Gasteiger partial charge in [0.15, 0.2) is 0 Å². The van der Waals surface area contributed by atoms with E-state index in [2.05, 4.69) is 5.32 Å². The summed E-state index contributed by atoms with van der Waals surface area (Å²) in [5, 5.41) is 10.3. The molecular weight excluding hydrogens is 120 g/mol. The van der Waals surface area contributed by atoms with Crippen molar-refractivity contribution < 1.29 is 9.90 Å². The zero-order valence-corrected chi connectivity index (χ0v) is 5.42. The fourth-order valence-electron chi connectivity index (χ4n) is 0.363. The molecule has 4 N–H and O–H groups in total. The number of nitrogens with two attached hydrogens (primary N) is 1. The Morgan fingerprint density at radius 1 is 1.89 bits per heavy atom. The van der Waals surface area contributed by atoms with Crippen LogP contribution in [0.1, 0.15) is 13.3 Å². The number of carbonyl (C=O) groups is 1. The van der Waals surface area contributed by atoms with Gasteiger partial charge in [-0.25, -0.2) is 4.79 Å². The van der Waals surface area contributed by atoms with Crippen LogP contribution in [0.15, 0.2) is 0 Å². The minimum atomic E-state index is -1.01. The molecule has 0 saturated carbocycles. The second kappa shape index (κ2) is 4.14. The van der Waals surface area contributed by atoms with Crippen LogP contribution in [0, 0.1) is 0 Å². The molecule has 0 radical (unpaired) electrons. The van der Waals surface area contributed by atoms with Gasteiger partial charge in [0.1, 0.15) is 0 Å². The molecule has 54 valence electrons. The monoisotopic (exact) mass is 132 g/mol. The van der Waals surface area contributed by atoms with Crippen molar-refractivity contribution in [2.75, 3.05) is 6.54 Å². The highest BCUT2D eigenvalue weighted by atomic mass is 16.4. The molecule has 1 amide bonds. The van der Waals surface area contributed by atoms with Gasteiger partial charge in [-0.05, 0) is 6.42 Å². The highest BCUT2D eigenvalue weighted by molar-refractivity contribution is 5.64. The van der Waals surface area contributed by atoms with Crippen molar-refractivity contribution in [2.45, 2.75) is 19.4 Å². The molecular formula is C5H12N2O2. The summed E-state index contributed by atoms with van der Waals surface area (Å²) >= 11 is 0. The smallest absolute Gasteiger partial charge is 0.404 e. The van der Waals surface area contributed by atoms with E-state index in [1.165, 1.54) is 0 Å². The van der Waals surface area contributed by atoms with Crippen LogP contribution < -0.4 is 11.1 Å². The molecule has 0 aliphatic heterocycles. The number of nitrogens with one attached hydrogen (secondary N) is 1. The Morgan fingerprint density at radius 3 is 2.78 bits per heavy atom. The molecule has 0 fully saturated rings. The molecule has 0 aromatic heterocycles. The Morgan fingerprint density at radius 2 is 2.44 bits per heavy atom. The summed E-state index contributed by atoms with van der Waals surface area (Å²) in [6, 6.07) is -0.0545. The first-order chi connectivity index (χ1) is 4.16. The minimum Gasteiger partial charge on any atom is -0.465 e. The van der Waals surface area contributed by atoms with Gasteiger partial charge in [-0.2, -0.15) is 0 Å². The molecule has 0 heterocycles. The SMILES string of the molecule is CC[C@@H](N)CNC(=O)O. The fourth-order valence-corrected chi connectivity index (χ4v) is 0.363. The average molecular weight is 132 g/mol. The first-order valence-corrected chi connectivity index (χ1v) is 2.89. The molecule has 0 unspecified atom stereocenters. The Bertz CT molecular complexity index is 95.0. The number of hydrogen-bond donors (Lipinski definition) is 3. The van der Waals surface area contributed by atoms with Gasteiger partial charge in [0.2, 0.25) is 0 Å². The first-order valence-electron chi connectivity index (χ1n) is 2.89. The van der Waals surface area contributed by atoms with E-state index in [4.69, 9.17) is 10.8 Å². The predicted octanol–water partition coefficient (Wildman–Crippen LogP) is -0.00870. The average Bonchev–Trinajstić information content (AvgIpc) is 1.83. The minimum absolute atomic E-state index is 0.0545. The van der Waals surface area contributed by atoms with E-state index in [1.54, 1.807) is 0 Å². The summed E-state index contributed by atoms with van der Waals surface area (Å²) < 4.78 is 0. The molecule has 1 atom stereocenters. The molecule has 0 aliphatic carbocycles. The first kappa shape index (κ1) is 8.23. The van der Waals surface area contributed by atoms with Crippen molar-refractivity contribution in [1.29, 1.82) is 0 Å². The predicted molar refractivity (Wildman–Crippen MR) is 34.3 cm³/mol. The van der Waals surface area contributed by atoms with Crippen LogP contribution in [-0.2, 0) is 0 Å². The number of hydrogen-bond acceptors (Lipinski definition) is 2. The number of rotatable bonds is 3. The van der Waals surface area contributed by atoms with Gasteiger partial charge in [-0.1, -0.05) is 6.92 Å². The summed E-state index contributed by atoms with van der Waals surface area (Å²) in [7, 11) is 0. The van der Waals surface area contributed by atoms with Gasteiger partial charge in [0.05, 0.1) is 0 Å². The van der Waals surface area contributed by atoms with E-state index in [-0.39, 0.29) is 6.04 Å². The van der Waals surface area contributed by atoms with Gasteiger partial charge >= 0.3 is 6.09 Å². The van der Waals surface area contributed by atoms with Crippen LogP contribution in [-0.4, -0.2) is 23.8 Å². The topological polar surface area (TPSA) is 75.3 Å². The van der Waals surface area contributed by atoms with Gasteiger partial charge in [-0.3, -0.25) is 0 Å². The van der Waals surface area contributed by atoms with Gasteiger partial charge in [0, 0.05) is 12.6 Å². The molecule has 0 saturated heterocycles. The maximum Gasteiger partial charge on any atom is 0.404 e. The van der Waals surface area contributed by atoms with Crippen LogP contribution in [0.3, 0.4) is 0 Å². The maximum atomic E-state index is 9.85. The summed E-state index contributed by atoms with van der Waals surface area (Å²) in [6.07, 6.45) is -0.223. The Kier molecular flexibility index (Phi) is 3.79. The molecule has 0 aliphatic rings. The second-order valence-corrected chi connectivity index (χ2v) is 1.85. The van der Waals surface area contributed by atoms with Crippen molar-refractivity contribution in [2.24, 2.45) is 5.73 Å². The molecule has 9 heavy (non-hydrogen) atoms. The lowest BCUT2D eigenvalue weighted by Gasteiger charge is -2.06. The summed E-state index contributed by atoms with van der Waals surface area (Å²) in [4.78, 5) is 9.85. The molecule has 4 heteroatoms. The van der Waals surface area contributed by atoms with Crippen molar-refractivity contribution in [3.63, 3.8) is 0 Å². The van der Waals surface area contributed by atoms with E-state index >= 15 is 0 Å². The lowest BCUT2D eigenvalue weighted by molar-refractivity contribution is 0.193. The van der Waals surface area contributed by atoms with E-state index in [9.17, 15) is 4.79 Å². The van der Waals surface area contributed by atoms with Crippen molar-refractivity contribution >= 4 is 6.09 Å². The highest BCUT2D eigenvalue weighted by Crippen LogP contribution is 1.81. The van der Waals surface area contributed by atoms with Crippen LogP contribution in [0.2, 0.25) is 0 Å². The standard InChI is InChI=1S/C5H12N2O2/c1-2-4(6)3-7-5(8)9/h4,7H,2-3,6H2,1H3,(H,8,9)/t4-/m1/s1. The van der Waals surface area contributed by atoms with Crippen molar-refractivity contribution in [1.82, 2.24) is 5.32 Å². The Hall–Kier alpha value is -0.770. The van der Waals surface area contributed by atoms with Crippen LogP contribution in [0.5, 0.6) is 0 Å². The second-order valence-electron chi connectivity index (χ2n) is 1.85. The summed E-state index contributed by atoms with van der Waals surface area (Å²) in [6.45, 7) is 2.25. The quantitative estimate of drug-likeness (QED) is 0.505. The molecule has 0 rings (SSSR count).